The van der Waals surface area contributed by atoms with Crippen LogP contribution in [-0.4, -0.2) is 38.6 Å². The second kappa shape index (κ2) is 9.26. The molecule has 3 aromatic rings. The molecule has 2 aromatic carbocycles. The van der Waals surface area contributed by atoms with Crippen LogP contribution in [0.2, 0.25) is 0 Å². The first-order chi connectivity index (χ1) is 17.2. The molecule has 0 bridgehead atoms. The van der Waals surface area contributed by atoms with Crippen LogP contribution in [0.5, 0.6) is 5.88 Å². The molecule has 2 unspecified atom stereocenters. The number of carbonyl (C=O) groups excluding carboxylic acids is 3. The van der Waals surface area contributed by atoms with Gasteiger partial charge in [0.15, 0.2) is 0 Å². The number of fused-ring (bicyclic) bond motifs is 1. The maximum absolute atomic E-state index is 13.0. The van der Waals surface area contributed by atoms with Crippen molar-refractivity contribution in [2.24, 2.45) is 0 Å². The Morgan fingerprint density at radius 2 is 1.64 bits per heavy atom. The van der Waals surface area contributed by atoms with Gasteiger partial charge in [0.2, 0.25) is 5.88 Å². The molecule has 1 N–H and O–H groups in total. The van der Waals surface area contributed by atoms with Crippen LogP contribution in [0, 0.1) is 0 Å². The standard InChI is InChI=1S/C28H30N4O4/c1-28(2,3)32-23(16-24(30-32)36-27(35)29-17-18-9-5-4-6-10-18)19-13-14-20(15-19)31-25(33)21-11-7-8-12-22(21)26(31)34/h4-12,16,19-20H,13-15,17H2,1-3H3,(H,29,35). The fraction of sp³-hybridized carbons (Fsp3) is 0.357. The molecule has 5 rings (SSSR count). The Kier molecular flexibility index (Phi) is 6.12. The molecule has 1 aromatic heterocycles. The van der Waals surface area contributed by atoms with Gasteiger partial charge in [-0.25, -0.2) is 4.79 Å². The minimum atomic E-state index is -0.570. The number of carbonyl (C=O) groups is 3. The molecule has 2 atom stereocenters. The van der Waals surface area contributed by atoms with Crippen LogP contribution in [0.4, 0.5) is 4.79 Å². The summed E-state index contributed by atoms with van der Waals surface area (Å²) in [4.78, 5) is 39.8. The van der Waals surface area contributed by atoms with Gasteiger partial charge in [-0.2, -0.15) is 0 Å². The van der Waals surface area contributed by atoms with Crippen molar-refractivity contribution in [1.29, 1.82) is 0 Å². The van der Waals surface area contributed by atoms with E-state index in [0.717, 1.165) is 24.1 Å². The third-order valence-corrected chi connectivity index (χ3v) is 6.84. The number of hydrogen-bond acceptors (Lipinski definition) is 5. The summed E-state index contributed by atoms with van der Waals surface area (Å²) in [6, 6.07) is 18.2. The highest BCUT2D eigenvalue weighted by Crippen LogP contribution is 2.41. The molecule has 36 heavy (non-hydrogen) atoms. The molecule has 0 spiro atoms. The third kappa shape index (κ3) is 4.51. The zero-order chi connectivity index (χ0) is 25.4. The predicted octanol–water partition coefficient (Wildman–Crippen LogP) is 4.86. The fourth-order valence-corrected chi connectivity index (χ4v) is 5.15. The highest BCUT2D eigenvalue weighted by Gasteiger charge is 2.43. The van der Waals surface area contributed by atoms with Crippen molar-refractivity contribution >= 4 is 17.9 Å². The second-order valence-electron chi connectivity index (χ2n) is 10.4. The van der Waals surface area contributed by atoms with Crippen molar-refractivity contribution in [2.45, 2.75) is 64.1 Å². The summed E-state index contributed by atoms with van der Waals surface area (Å²) >= 11 is 0. The Hall–Kier alpha value is -3.94. The predicted molar refractivity (Wildman–Crippen MR) is 134 cm³/mol. The Bertz CT molecular complexity index is 1270. The number of benzene rings is 2. The molecular formula is C28H30N4O4. The summed E-state index contributed by atoms with van der Waals surface area (Å²) in [5, 5.41) is 7.35. The van der Waals surface area contributed by atoms with Crippen molar-refractivity contribution in [2.75, 3.05) is 0 Å². The lowest BCUT2D eigenvalue weighted by Crippen LogP contribution is -2.38. The topological polar surface area (TPSA) is 93.5 Å². The lowest BCUT2D eigenvalue weighted by molar-refractivity contribution is 0.0586. The van der Waals surface area contributed by atoms with Gasteiger partial charge in [0, 0.05) is 30.3 Å². The van der Waals surface area contributed by atoms with E-state index in [-0.39, 0.29) is 35.2 Å². The Morgan fingerprint density at radius 3 is 2.28 bits per heavy atom. The highest BCUT2D eigenvalue weighted by atomic mass is 16.6. The first-order valence-electron chi connectivity index (χ1n) is 12.3. The van der Waals surface area contributed by atoms with E-state index in [1.54, 1.807) is 24.3 Å². The summed E-state index contributed by atoms with van der Waals surface area (Å²) in [7, 11) is 0. The molecule has 2 aliphatic rings. The van der Waals surface area contributed by atoms with E-state index in [4.69, 9.17) is 4.74 Å². The van der Waals surface area contributed by atoms with Crippen molar-refractivity contribution < 1.29 is 19.1 Å². The fourth-order valence-electron chi connectivity index (χ4n) is 5.15. The smallest absolute Gasteiger partial charge is 0.390 e. The van der Waals surface area contributed by atoms with Crippen molar-refractivity contribution in [3.05, 3.63) is 83.0 Å². The van der Waals surface area contributed by atoms with Crippen LogP contribution in [0.3, 0.4) is 0 Å². The highest BCUT2D eigenvalue weighted by molar-refractivity contribution is 6.21. The SMILES string of the molecule is CC(C)(C)n1nc(OC(=O)NCc2ccccc2)cc1C1CCC(N2C(=O)c3ccccc3C2=O)C1. The van der Waals surface area contributed by atoms with Crippen LogP contribution >= 0.6 is 0 Å². The number of rotatable bonds is 5. The first kappa shape index (κ1) is 23.8. The van der Waals surface area contributed by atoms with Crippen LogP contribution in [0.1, 0.15) is 77.9 Å². The van der Waals surface area contributed by atoms with E-state index in [0.29, 0.717) is 24.1 Å². The van der Waals surface area contributed by atoms with E-state index in [1.807, 2.05) is 61.9 Å². The van der Waals surface area contributed by atoms with E-state index in [1.165, 1.54) is 4.90 Å². The van der Waals surface area contributed by atoms with Gasteiger partial charge in [0.1, 0.15) is 0 Å². The van der Waals surface area contributed by atoms with E-state index < -0.39 is 6.09 Å². The van der Waals surface area contributed by atoms with Crippen LogP contribution in [0.25, 0.3) is 0 Å². The monoisotopic (exact) mass is 486 g/mol. The Balaban J connectivity index is 1.30. The van der Waals surface area contributed by atoms with Gasteiger partial charge in [-0.3, -0.25) is 19.2 Å². The summed E-state index contributed by atoms with van der Waals surface area (Å²) in [6.07, 6.45) is 1.60. The zero-order valence-electron chi connectivity index (χ0n) is 20.7. The average molecular weight is 487 g/mol. The van der Waals surface area contributed by atoms with Crippen LogP contribution < -0.4 is 10.1 Å². The van der Waals surface area contributed by atoms with Crippen LogP contribution in [-0.2, 0) is 12.1 Å². The molecular weight excluding hydrogens is 456 g/mol. The van der Waals surface area contributed by atoms with Gasteiger partial charge < -0.3 is 10.1 Å². The van der Waals surface area contributed by atoms with Crippen molar-refractivity contribution in [1.82, 2.24) is 20.0 Å². The minimum absolute atomic E-state index is 0.0794. The Morgan fingerprint density at radius 1 is 1.00 bits per heavy atom. The van der Waals surface area contributed by atoms with Gasteiger partial charge in [0.05, 0.1) is 16.7 Å². The molecule has 8 nitrogen and oxygen atoms in total. The van der Waals surface area contributed by atoms with Gasteiger partial charge in [-0.05, 0) is 57.7 Å². The number of nitrogens with one attached hydrogen (secondary N) is 1. The normalized spacial score (nSPS) is 19.5. The molecule has 1 aliphatic carbocycles. The average Bonchev–Trinajstić information content (AvgIpc) is 3.56. The first-order valence-corrected chi connectivity index (χ1v) is 12.3. The molecule has 1 saturated carbocycles. The summed E-state index contributed by atoms with van der Waals surface area (Å²) < 4.78 is 7.41. The number of nitrogens with zero attached hydrogens (tertiary/aromatic N) is 3. The number of amides is 3. The minimum Gasteiger partial charge on any atom is -0.390 e. The van der Waals surface area contributed by atoms with Gasteiger partial charge in [-0.15, -0.1) is 5.10 Å². The largest absolute Gasteiger partial charge is 0.414 e. The molecule has 3 amide bonds. The van der Waals surface area contributed by atoms with E-state index in [9.17, 15) is 14.4 Å². The quantitative estimate of drug-likeness (QED) is 0.520. The van der Waals surface area contributed by atoms with E-state index in [2.05, 4.69) is 10.4 Å². The number of imide groups is 1. The summed E-state index contributed by atoms with van der Waals surface area (Å²) in [6.45, 7) is 6.48. The Labute approximate surface area is 210 Å². The van der Waals surface area contributed by atoms with Gasteiger partial charge in [-0.1, -0.05) is 42.5 Å². The van der Waals surface area contributed by atoms with Crippen LogP contribution in [0.15, 0.2) is 60.7 Å². The second-order valence-corrected chi connectivity index (χ2v) is 10.4. The zero-order valence-corrected chi connectivity index (χ0v) is 20.7. The molecule has 2 heterocycles. The maximum atomic E-state index is 13.0. The number of aromatic nitrogens is 2. The van der Waals surface area contributed by atoms with Crippen molar-refractivity contribution in [3.8, 4) is 5.88 Å². The lowest BCUT2D eigenvalue weighted by Gasteiger charge is -2.25. The molecule has 8 heteroatoms. The van der Waals surface area contributed by atoms with E-state index >= 15 is 0 Å². The van der Waals surface area contributed by atoms with Crippen molar-refractivity contribution in [3.63, 3.8) is 0 Å². The summed E-state index contributed by atoms with van der Waals surface area (Å²) in [5.74, 6) is -0.125. The molecule has 1 fully saturated rings. The van der Waals surface area contributed by atoms with Gasteiger partial charge in [0.25, 0.3) is 11.8 Å². The maximum Gasteiger partial charge on any atom is 0.414 e. The molecule has 0 radical (unpaired) electrons. The molecule has 0 saturated heterocycles. The third-order valence-electron chi connectivity index (χ3n) is 6.84. The molecule has 186 valence electrons. The van der Waals surface area contributed by atoms with Gasteiger partial charge >= 0.3 is 6.09 Å². The summed E-state index contributed by atoms with van der Waals surface area (Å²) in [5.41, 5.74) is 2.52. The molecule has 1 aliphatic heterocycles. The number of hydrogen-bond donors (Lipinski definition) is 1. The lowest BCUT2D eigenvalue weighted by atomic mass is 10.0. The number of ether oxygens (including phenoxy) is 1.